The summed E-state index contributed by atoms with van der Waals surface area (Å²) in [4.78, 5) is 18.8. The van der Waals surface area contributed by atoms with Crippen LogP contribution in [-0.4, -0.2) is 59.7 Å². The molecule has 0 spiro atoms. The third kappa shape index (κ3) is 5.42. The Balaban J connectivity index is 1.47. The van der Waals surface area contributed by atoms with Gasteiger partial charge in [0, 0.05) is 24.5 Å². The molecule has 1 aromatic carbocycles. The molecule has 2 atom stereocenters. The van der Waals surface area contributed by atoms with E-state index in [1.807, 2.05) is 23.1 Å². The van der Waals surface area contributed by atoms with Crippen molar-refractivity contribution in [2.45, 2.75) is 45.3 Å². The van der Waals surface area contributed by atoms with Gasteiger partial charge in [0.05, 0.1) is 18.7 Å². The van der Waals surface area contributed by atoms with Gasteiger partial charge in [0.25, 0.3) is 0 Å². The molecule has 30 heavy (non-hydrogen) atoms. The fourth-order valence-corrected chi connectivity index (χ4v) is 5.21. The van der Waals surface area contributed by atoms with Crippen molar-refractivity contribution in [2.75, 3.05) is 32.8 Å². The molecule has 1 N–H and O–H groups in total. The van der Waals surface area contributed by atoms with Gasteiger partial charge in [-0.25, -0.2) is 0 Å². The summed E-state index contributed by atoms with van der Waals surface area (Å²) in [5, 5.41) is 12.0. The van der Waals surface area contributed by atoms with Gasteiger partial charge in [0.1, 0.15) is 12.4 Å². The molecule has 0 bridgehead atoms. The number of thiophene rings is 1. The average molecular weight is 429 g/mol. The Morgan fingerprint density at radius 1 is 1.37 bits per heavy atom. The minimum atomic E-state index is -0.429. The molecule has 0 saturated heterocycles. The topological polar surface area (TPSA) is 53.0 Å². The number of hydrogen-bond donors (Lipinski definition) is 1. The fourth-order valence-electron chi connectivity index (χ4n) is 4.28. The Labute approximate surface area is 183 Å². The molecule has 2 aromatic rings. The van der Waals surface area contributed by atoms with Crippen molar-refractivity contribution >= 4 is 17.2 Å². The zero-order chi connectivity index (χ0) is 21.1. The quantitative estimate of drug-likeness (QED) is 0.662. The van der Waals surface area contributed by atoms with Crippen molar-refractivity contribution < 1.29 is 14.6 Å². The number of amides is 1. The number of aliphatic hydroxyl groups is 1. The van der Waals surface area contributed by atoms with Crippen LogP contribution in [0.3, 0.4) is 0 Å². The van der Waals surface area contributed by atoms with Crippen molar-refractivity contribution in [2.24, 2.45) is 5.92 Å². The summed E-state index contributed by atoms with van der Waals surface area (Å²) in [5.41, 5.74) is 2.38. The average Bonchev–Trinajstić information content (AvgIpc) is 3.37. The Hall–Kier alpha value is -1.89. The fraction of sp³-hybridized carbons (Fsp3) is 0.542. The molecule has 2 aliphatic rings. The zero-order valence-electron chi connectivity index (χ0n) is 17.9. The molecule has 5 nitrogen and oxygen atoms in total. The third-order valence-electron chi connectivity index (χ3n) is 5.91. The van der Waals surface area contributed by atoms with E-state index in [0.29, 0.717) is 25.6 Å². The molecular weight excluding hydrogens is 396 g/mol. The van der Waals surface area contributed by atoms with Gasteiger partial charge in [0.2, 0.25) is 5.91 Å². The van der Waals surface area contributed by atoms with E-state index in [4.69, 9.17) is 4.74 Å². The molecule has 1 aliphatic carbocycles. The number of carbonyl (C=O) groups is 1. The summed E-state index contributed by atoms with van der Waals surface area (Å²) >= 11 is 1.77. The molecular formula is C24H32N2O3S. The van der Waals surface area contributed by atoms with Gasteiger partial charge in [-0.3, -0.25) is 9.69 Å². The summed E-state index contributed by atoms with van der Waals surface area (Å²) < 4.78 is 6.13. The highest BCUT2D eigenvalue weighted by molar-refractivity contribution is 7.10. The number of rotatable bonds is 9. The lowest BCUT2D eigenvalue weighted by molar-refractivity contribution is -0.136. The van der Waals surface area contributed by atoms with Crippen LogP contribution < -0.4 is 4.74 Å². The highest BCUT2D eigenvalue weighted by Crippen LogP contribution is 2.34. The number of benzene rings is 1. The lowest BCUT2D eigenvalue weighted by Crippen LogP contribution is -2.48. The van der Waals surface area contributed by atoms with Crippen LogP contribution in [0, 0.1) is 12.8 Å². The number of carbonyl (C=O) groups excluding carboxylic acids is 1. The van der Waals surface area contributed by atoms with E-state index in [0.717, 1.165) is 30.8 Å². The maximum absolute atomic E-state index is 13.3. The number of aliphatic hydroxyl groups excluding tert-OH is 1. The molecule has 4 rings (SSSR count). The second-order valence-electron chi connectivity index (χ2n) is 8.77. The maximum atomic E-state index is 13.3. The first-order chi connectivity index (χ1) is 14.5. The molecule has 2 heterocycles. The summed E-state index contributed by atoms with van der Waals surface area (Å²) in [5.74, 6) is 1.65. The van der Waals surface area contributed by atoms with Gasteiger partial charge in [-0.1, -0.05) is 12.1 Å². The molecule has 1 aliphatic heterocycles. The van der Waals surface area contributed by atoms with E-state index in [9.17, 15) is 9.90 Å². The van der Waals surface area contributed by atoms with Gasteiger partial charge in [0.15, 0.2) is 0 Å². The number of hydrogen-bond acceptors (Lipinski definition) is 5. The highest BCUT2D eigenvalue weighted by atomic mass is 32.1. The molecule has 1 aromatic heterocycles. The van der Waals surface area contributed by atoms with Crippen LogP contribution >= 0.6 is 11.3 Å². The van der Waals surface area contributed by atoms with Crippen molar-refractivity contribution in [3.8, 4) is 5.75 Å². The molecule has 1 fully saturated rings. The van der Waals surface area contributed by atoms with Gasteiger partial charge in [-0.05, 0) is 73.7 Å². The number of fused-ring (bicyclic) bond motifs is 1. The minimum absolute atomic E-state index is 0.0673. The molecule has 1 amide bonds. The van der Waals surface area contributed by atoms with Crippen LogP contribution in [-0.2, 0) is 11.2 Å². The van der Waals surface area contributed by atoms with E-state index in [2.05, 4.69) is 29.3 Å². The van der Waals surface area contributed by atoms with Crippen molar-refractivity contribution in [1.82, 2.24) is 9.80 Å². The third-order valence-corrected chi connectivity index (χ3v) is 6.90. The van der Waals surface area contributed by atoms with Crippen molar-refractivity contribution in [3.63, 3.8) is 0 Å². The molecule has 0 unspecified atom stereocenters. The van der Waals surface area contributed by atoms with Crippen molar-refractivity contribution in [3.05, 3.63) is 51.7 Å². The number of ether oxygens (including phenoxy) is 1. The van der Waals surface area contributed by atoms with E-state index < -0.39 is 6.10 Å². The normalized spacial score (nSPS) is 19.6. The molecule has 162 valence electrons. The SMILES string of the molecule is Cc1cccc(OC[C@H]2c3ccsc3CCN2C(=O)CN(CC2CC2)C[C@@H](C)O)c1. The van der Waals surface area contributed by atoms with Crippen LogP contribution in [0.1, 0.15) is 41.8 Å². The van der Waals surface area contributed by atoms with Crippen LogP contribution in [0.15, 0.2) is 35.7 Å². The summed E-state index contributed by atoms with van der Waals surface area (Å²) in [6.07, 6.45) is 2.94. The highest BCUT2D eigenvalue weighted by Gasteiger charge is 2.34. The van der Waals surface area contributed by atoms with E-state index >= 15 is 0 Å². The lowest BCUT2D eigenvalue weighted by Gasteiger charge is -2.37. The van der Waals surface area contributed by atoms with E-state index in [-0.39, 0.29) is 11.9 Å². The van der Waals surface area contributed by atoms with Gasteiger partial charge >= 0.3 is 0 Å². The minimum Gasteiger partial charge on any atom is -0.491 e. The molecule has 1 saturated carbocycles. The first-order valence-corrected chi connectivity index (χ1v) is 11.8. The Morgan fingerprint density at radius 2 is 2.20 bits per heavy atom. The van der Waals surface area contributed by atoms with Gasteiger partial charge < -0.3 is 14.7 Å². The molecule has 0 radical (unpaired) electrons. The number of nitrogens with zero attached hydrogens (tertiary/aromatic N) is 2. The zero-order valence-corrected chi connectivity index (χ0v) is 18.7. The largest absolute Gasteiger partial charge is 0.491 e. The van der Waals surface area contributed by atoms with Crippen LogP contribution in [0.25, 0.3) is 0 Å². The predicted octanol–water partition coefficient (Wildman–Crippen LogP) is 3.65. The van der Waals surface area contributed by atoms with E-state index in [1.165, 1.54) is 23.3 Å². The Kier molecular flexibility index (Phi) is 6.76. The second-order valence-corrected chi connectivity index (χ2v) is 9.77. The predicted molar refractivity (Wildman–Crippen MR) is 120 cm³/mol. The Bertz CT molecular complexity index is 858. The van der Waals surface area contributed by atoms with Crippen LogP contribution in [0.2, 0.25) is 0 Å². The maximum Gasteiger partial charge on any atom is 0.237 e. The first-order valence-electron chi connectivity index (χ1n) is 10.9. The standard InChI is InChI=1S/C24H32N2O3S/c1-17-4-3-5-20(12-17)29-16-22-21-9-11-30-23(21)8-10-26(22)24(28)15-25(13-18(2)27)14-19-6-7-19/h3-5,9,11-12,18-19,22,27H,6-8,10,13-16H2,1-2H3/t18-,22+/m1/s1. The van der Waals surface area contributed by atoms with Gasteiger partial charge in [-0.15, -0.1) is 11.3 Å². The summed E-state index contributed by atoms with van der Waals surface area (Å²) in [6, 6.07) is 10.1. The monoisotopic (exact) mass is 428 g/mol. The number of aryl methyl sites for hydroxylation is 1. The van der Waals surface area contributed by atoms with Crippen molar-refractivity contribution in [1.29, 1.82) is 0 Å². The first kappa shape index (κ1) is 21.3. The summed E-state index contributed by atoms with van der Waals surface area (Å²) in [7, 11) is 0. The van der Waals surface area contributed by atoms with Gasteiger partial charge in [-0.2, -0.15) is 0 Å². The van der Waals surface area contributed by atoms with Crippen LogP contribution in [0.5, 0.6) is 5.75 Å². The van der Waals surface area contributed by atoms with E-state index in [1.54, 1.807) is 18.3 Å². The van der Waals surface area contributed by atoms with Crippen LogP contribution in [0.4, 0.5) is 0 Å². The smallest absolute Gasteiger partial charge is 0.237 e. The Morgan fingerprint density at radius 3 is 2.93 bits per heavy atom. The second kappa shape index (κ2) is 9.50. The lowest BCUT2D eigenvalue weighted by atomic mass is 10.0. The summed E-state index contributed by atoms with van der Waals surface area (Å²) in [6.45, 7) is 6.83. The molecule has 6 heteroatoms.